The molecular weight excluding hydrogens is 345 g/mol. The molecule has 0 amide bonds. The van der Waals surface area contributed by atoms with Crippen molar-refractivity contribution in [2.24, 2.45) is 0 Å². The van der Waals surface area contributed by atoms with Crippen LogP contribution in [-0.2, 0) is 10.0 Å². The Morgan fingerprint density at radius 2 is 1.85 bits per heavy atom. The van der Waals surface area contributed by atoms with Crippen LogP contribution in [0.1, 0.15) is 11.1 Å². The quantitative estimate of drug-likeness (QED) is 0.901. The molecule has 0 fully saturated rings. The van der Waals surface area contributed by atoms with E-state index in [-0.39, 0.29) is 16.1 Å². The average Bonchev–Trinajstić information content (AvgIpc) is 2.38. The fourth-order valence-corrected chi connectivity index (χ4v) is 3.16. The Labute approximate surface area is 126 Å². The normalized spacial score (nSPS) is 11.4. The maximum atomic E-state index is 13.4. The van der Waals surface area contributed by atoms with Gasteiger partial charge in [0.25, 0.3) is 10.0 Å². The Hall–Kier alpha value is -1.40. The van der Waals surface area contributed by atoms with E-state index in [1.54, 1.807) is 19.1 Å². The van der Waals surface area contributed by atoms with Gasteiger partial charge >= 0.3 is 0 Å². The summed E-state index contributed by atoms with van der Waals surface area (Å²) in [7, 11) is -3.73. The molecule has 0 radical (unpaired) electrons. The average molecular weight is 358 g/mol. The zero-order valence-corrected chi connectivity index (χ0v) is 13.3. The van der Waals surface area contributed by atoms with Gasteiger partial charge in [0, 0.05) is 10.0 Å². The minimum absolute atomic E-state index is 0.141. The zero-order chi connectivity index (χ0) is 14.9. The van der Waals surface area contributed by atoms with Crippen molar-refractivity contribution in [2.45, 2.75) is 18.7 Å². The number of rotatable bonds is 3. The minimum atomic E-state index is -3.73. The van der Waals surface area contributed by atoms with Crippen molar-refractivity contribution in [3.05, 3.63) is 57.8 Å². The van der Waals surface area contributed by atoms with Gasteiger partial charge in [-0.05, 0) is 49.7 Å². The van der Waals surface area contributed by atoms with Gasteiger partial charge in [-0.15, -0.1) is 0 Å². The highest BCUT2D eigenvalue weighted by atomic mass is 79.9. The van der Waals surface area contributed by atoms with Crippen LogP contribution < -0.4 is 4.72 Å². The summed E-state index contributed by atoms with van der Waals surface area (Å²) >= 11 is 3.32. The molecule has 20 heavy (non-hydrogen) atoms. The van der Waals surface area contributed by atoms with E-state index in [9.17, 15) is 12.8 Å². The SMILES string of the molecule is Cc1cc(S(=O)(=O)Nc2cccc(F)c2C)ccc1Br. The first-order valence-corrected chi connectivity index (χ1v) is 8.13. The van der Waals surface area contributed by atoms with E-state index < -0.39 is 15.8 Å². The Morgan fingerprint density at radius 3 is 2.50 bits per heavy atom. The van der Waals surface area contributed by atoms with Crippen molar-refractivity contribution in [3.8, 4) is 0 Å². The third-order valence-electron chi connectivity index (χ3n) is 2.95. The van der Waals surface area contributed by atoms with Gasteiger partial charge in [-0.3, -0.25) is 4.72 Å². The molecule has 0 saturated carbocycles. The molecule has 0 unspecified atom stereocenters. The third-order valence-corrected chi connectivity index (χ3v) is 5.20. The molecule has 0 atom stereocenters. The molecule has 2 rings (SSSR count). The van der Waals surface area contributed by atoms with Gasteiger partial charge in [0.15, 0.2) is 0 Å². The van der Waals surface area contributed by atoms with E-state index in [1.165, 1.54) is 31.2 Å². The summed E-state index contributed by atoms with van der Waals surface area (Å²) in [6, 6.07) is 9.00. The van der Waals surface area contributed by atoms with Gasteiger partial charge in [0.2, 0.25) is 0 Å². The number of hydrogen-bond acceptors (Lipinski definition) is 2. The lowest BCUT2D eigenvalue weighted by Crippen LogP contribution is -2.14. The van der Waals surface area contributed by atoms with Gasteiger partial charge in [-0.2, -0.15) is 0 Å². The number of hydrogen-bond donors (Lipinski definition) is 1. The highest BCUT2D eigenvalue weighted by Gasteiger charge is 2.16. The molecule has 0 aliphatic carbocycles. The molecule has 0 saturated heterocycles. The molecule has 3 nitrogen and oxygen atoms in total. The highest BCUT2D eigenvalue weighted by molar-refractivity contribution is 9.10. The number of sulfonamides is 1. The first-order valence-electron chi connectivity index (χ1n) is 5.85. The van der Waals surface area contributed by atoms with Gasteiger partial charge in [-0.1, -0.05) is 22.0 Å². The Bertz CT molecular complexity index is 760. The van der Waals surface area contributed by atoms with Crippen molar-refractivity contribution < 1.29 is 12.8 Å². The zero-order valence-electron chi connectivity index (χ0n) is 10.9. The molecule has 2 aromatic rings. The van der Waals surface area contributed by atoms with Crippen molar-refractivity contribution in [1.82, 2.24) is 0 Å². The number of aryl methyl sites for hydroxylation is 1. The van der Waals surface area contributed by atoms with E-state index in [0.717, 1.165) is 10.0 Å². The van der Waals surface area contributed by atoms with Gasteiger partial charge in [0.05, 0.1) is 10.6 Å². The van der Waals surface area contributed by atoms with Crippen LogP contribution in [0.2, 0.25) is 0 Å². The van der Waals surface area contributed by atoms with Crippen LogP contribution >= 0.6 is 15.9 Å². The fourth-order valence-electron chi connectivity index (χ4n) is 1.71. The molecule has 2 aromatic carbocycles. The number of nitrogens with one attached hydrogen (secondary N) is 1. The molecule has 0 bridgehead atoms. The van der Waals surface area contributed by atoms with Crippen LogP contribution in [0.5, 0.6) is 0 Å². The molecule has 0 aliphatic heterocycles. The van der Waals surface area contributed by atoms with Crippen molar-refractivity contribution >= 4 is 31.6 Å². The fraction of sp³-hybridized carbons (Fsp3) is 0.143. The van der Waals surface area contributed by atoms with E-state index >= 15 is 0 Å². The summed E-state index contributed by atoms with van der Waals surface area (Å²) in [6.07, 6.45) is 0. The first kappa shape index (κ1) is 15.0. The molecule has 106 valence electrons. The highest BCUT2D eigenvalue weighted by Crippen LogP contribution is 2.24. The third kappa shape index (κ3) is 3.02. The van der Waals surface area contributed by atoms with E-state index in [2.05, 4.69) is 20.7 Å². The Morgan fingerprint density at radius 1 is 1.15 bits per heavy atom. The second kappa shape index (κ2) is 5.54. The molecular formula is C14H13BrFNO2S. The van der Waals surface area contributed by atoms with Crippen LogP contribution in [0.3, 0.4) is 0 Å². The molecule has 6 heteroatoms. The maximum Gasteiger partial charge on any atom is 0.261 e. The largest absolute Gasteiger partial charge is 0.279 e. The van der Waals surface area contributed by atoms with E-state index in [0.29, 0.717) is 0 Å². The van der Waals surface area contributed by atoms with Gasteiger partial charge < -0.3 is 0 Å². The molecule has 0 spiro atoms. The summed E-state index contributed by atoms with van der Waals surface area (Å²) in [5.74, 6) is -0.447. The lowest BCUT2D eigenvalue weighted by molar-refractivity contribution is 0.600. The van der Waals surface area contributed by atoms with Crippen LogP contribution in [-0.4, -0.2) is 8.42 Å². The summed E-state index contributed by atoms with van der Waals surface area (Å²) in [4.78, 5) is 0.141. The van der Waals surface area contributed by atoms with Crippen LogP contribution in [0.25, 0.3) is 0 Å². The minimum Gasteiger partial charge on any atom is -0.279 e. The molecule has 0 aromatic heterocycles. The maximum absolute atomic E-state index is 13.4. The standard InChI is InChI=1S/C14H13BrFNO2S/c1-9-8-11(6-7-12(9)15)20(18,19)17-14-5-3-4-13(16)10(14)2/h3-8,17H,1-2H3. The van der Waals surface area contributed by atoms with E-state index in [1.807, 2.05) is 0 Å². The van der Waals surface area contributed by atoms with E-state index in [4.69, 9.17) is 0 Å². The monoisotopic (exact) mass is 357 g/mol. The van der Waals surface area contributed by atoms with Crippen molar-refractivity contribution in [1.29, 1.82) is 0 Å². The second-order valence-electron chi connectivity index (χ2n) is 4.43. The molecule has 1 N–H and O–H groups in total. The van der Waals surface area contributed by atoms with Gasteiger partial charge in [-0.25, -0.2) is 12.8 Å². The summed E-state index contributed by atoms with van der Waals surface area (Å²) in [5.41, 5.74) is 1.32. The van der Waals surface area contributed by atoms with Gasteiger partial charge in [0.1, 0.15) is 5.82 Å². The Kier molecular flexibility index (Phi) is 4.15. The Balaban J connectivity index is 2.41. The van der Waals surface area contributed by atoms with Crippen LogP contribution in [0.15, 0.2) is 45.8 Å². The van der Waals surface area contributed by atoms with Crippen LogP contribution in [0, 0.1) is 19.7 Å². The molecule has 0 aliphatic rings. The number of benzene rings is 2. The lowest BCUT2D eigenvalue weighted by Gasteiger charge is -2.11. The summed E-state index contributed by atoms with van der Waals surface area (Å²) < 4.78 is 41.2. The first-order chi connectivity index (χ1) is 9.31. The smallest absolute Gasteiger partial charge is 0.261 e. The molecule has 0 heterocycles. The predicted molar refractivity (Wildman–Crippen MR) is 80.8 cm³/mol. The predicted octanol–water partition coefficient (Wildman–Crippen LogP) is 4.01. The number of halogens is 2. The van der Waals surface area contributed by atoms with Crippen LogP contribution in [0.4, 0.5) is 10.1 Å². The topological polar surface area (TPSA) is 46.2 Å². The summed E-state index contributed by atoms with van der Waals surface area (Å²) in [5, 5.41) is 0. The lowest BCUT2D eigenvalue weighted by atomic mass is 10.2. The summed E-state index contributed by atoms with van der Waals surface area (Å²) in [6.45, 7) is 3.33. The second-order valence-corrected chi connectivity index (χ2v) is 6.97. The van der Waals surface area contributed by atoms with Crippen molar-refractivity contribution in [3.63, 3.8) is 0 Å². The van der Waals surface area contributed by atoms with Crippen molar-refractivity contribution in [2.75, 3.05) is 4.72 Å². The number of anilines is 1.